The van der Waals surface area contributed by atoms with Crippen molar-refractivity contribution < 1.29 is 9.59 Å². The fourth-order valence-electron chi connectivity index (χ4n) is 3.67. The van der Waals surface area contributed by atoms with Gasteiger partial charge in [0.25, 0.3) is 5.91 Å². The van der Waals surface area contributed by atoms with Gasteiger partial charge in [-0.3, -0.25) is 9.20 Å². The zero-order valence-electron chi connectivity index (χ0n) is 19.5. The predicted molar refractivity (Wildman–Crippen MR) is 134 cm³/mol. The summed E-state index contributed by atoms with van der Waals surface area (Å²) in [5.41, 5.74) is 5.46. The Morgan fingerprint density at radius 2 is 1.76 bits per heavy atom. The zero-order chi connectivity index (χ0) is 24.1. The molecule has 0 radical (unpaired) electrons. The van der Waals surface area contributed by atoms with E-state index in [9.17, 15) is 9.59 Å². The van der Waals surface area contributed by atoms with Crippen molar-refractivity contribution in [1.29, 1.82) is 0 Å². The van der Waals surface area contributed by atoms with E-state index in [4.69, 9.17) is 0 Å². The Morgan fingerprint density at radius 1 is 0.971 bits per heavy atom. The van der Waals surface area contributed by atoms with E-state index in [-0.39, 0.29) is 11.9 Å². The molecule has 2 aromatic carbocycles. The Bertz CT molecular complexity index is 1330. The highest BCUT2D eigenvalue weighted by Crippen LogP contribution is 2.19. The summed E-state index contributed by atoms with van der Waals surface area (Å²) in [4.78, 5) is 31.7. The molecule has 0 bridgehead atoms. The lowest BCUT2D eigenvalue weighted by molar-refractivity contribution is 0.102. The number of nitrogens with zero attached hydrogens (tertiary/aromatic N) is 3. The fourth-order valence-corrected chi connectivity index (χ4v) is 3.67. The normalized spacial score (nSPS) is 10.9. The molecule has 0 aliphatic heterocycles. The van der Waals surface area contributed by atoms with Gasteiger partial charge in [0.1, 0.15) is 11.3 Å². The van der Waals surface area contributed by atoms with Crippen LogP contribution < -0.4 is 16.0 Å². The first-order valence-corrected chi connectivity index (χ1v) is 11.0. The molecule has 8 heteroatoms. The number of aryl methyl sites for hydroxylation is 1. The molecular weight excluding hydrogens is 428 g/mol. The summed E-state index contributed by atoms with van der Waals surface area (Å²) < 4.78 is 1.74. The molecule has 8 nitrogen and oxygen atoms in total. The summed E-state index contributed by atoms with van der Waals surface area (Å²) in [6, 6.07) is 18.7. The van der Waals surface area contributed by atoms with Crippen LogP contribution in [-0.2, 0) is 13.1 Å². The maximum atomic E-state index is 12.9. The summed E-state index contributed by atoms with van der Waals surface area (Å²) in [6.45, 7) is 2.97. The molecule has 0 aliphatic carbocycles. The monoisotopic (exact) mass is 456 g/mol. The van der Waals surface area contributed by atoms with Crippen LogP contribution in [0.1, 0.15) is 27.2 Å². The van der Waals surface area contributed by atoms with Gasteiger partial charge in [-0.2, -0.15) is 0 Å². The average molecular weight is 457 g/mol. The first-order chi connectivity index (χ1) is 16.4. The van der Waals surface area contributed by atoms with E-state index >= 15 is 0 Å². The molecule has 4 rings (SSSR count). The van der Waals surface area contributed by atoms with Crippen LogP contribution in [0.5, 0.6) is 0 Å². The minimum absolute atomic E-state index is 0.248. The number of anilines is 2. The molecular formula is C26H28N6O2. The van der Waals surface area contributed by atoms with E-state index in [2.05, 4.69) is 20.9 Å². The van der Waals surface area contributed by atoms with Gasteiger partial charge in [0.05, 0.1) is 6.20 Å². The van der Waals surface area contributed by atoms with Crippen LogP contribution in [-0.4, -0.2) is 40.3 Å². The van der Waals surface area contributed by atoms with Gasteiger partial charge in [0.2, 0.25) is 0 Å². The molecule has 0 saturated heterocycles. The third kappa shape index (κ3) is 5.41. The van der Waals surface area contributed by atoms with Crippen molar-refractivity contribution >= 4 is 29.0 Å². The summed E-state index contributed by atoms with van der Waals surface area (Å²) in [6.07, 6.45) is 3.36. The summed E-state index contributed by atoms with van der Waals surface area (Å²) in [5.74, 6) is -0.248. The summed E-state index contributed by atoms with van der Waals surface area (Å²) >= 11 is 0. The molecule has 0 atom stereocenters. The molecule has 0 spiro atoms. The maximum absolute atomic E-state index is 12.9. The van der Waals surface area contributed by atoms with Gasteiger partial charge < -0.3 is 20.9 Å². The van der Waals surface area contributed by atoms with E-state index in [0.717, 1.165) is 28.9 Å². The SMILES string of the molecule is Cc1ccc(CNC(=O)Nc2ccccc2CN(C)C)cc1NC(=O)c1cnc2ccccn12. The van der Waals surface area contributed by atoms with Crippen LogP contribution in [0.4, 0.5) is 16.2 Å². The second-order valence-corrected chi connectivity index (χ2v) is 8.38. The lowest BCUT2D eigenvalue weighted by atomic mass is 10.1. The van der Waals surface area contributed by atoms with Gasteiger partial charge in [0, 0.05) is 30.7 Å². The highest BCUT2D eigenvalue weighted by atomic mass is 16.2. The Kier molecular flexibility index (Phi) is 6.89. The number of urea groups is 1. The number of aromatic nitrogens is 2. The van der Waals surface area contributed by atoms with Gasteiger partial charge in [-0.05, 0) is 62.0 Å². The van der Waals surface area contributed by atoms with Crippen molar-refractivity contribution in [3.63, 3.8) is 0 Å². The number of nitrogens with one attached hydrogen (secondary N) is 3. The van der Waals surface area contributed by atoms with E-state index < -0.39 is 0 Å². The van der Waals surface area contributed by atoms with Gasteiger partial charge in [0.15, 0.2) is 0 Å². The van der Waals surface area contributed by atoms with Crippen LogP contribution in [0.2, 0.25) is 0 Å². The lowest BCUT2D eigenvalue weighted by Crippen LogP contribution is -2.29. The average Bonchev–Trinajstić information content (AvgIpc) is 3.25. The Hall–Kier alpha value is -4.17. The summed E-state index contributed by atoms with van der Waals surface area (Å²) in [5, 5.41) is 8.78. The van der Waals surface area contributed by atoms with Crippen LogP contribution in [0, 0.1) is 6.92 Å². The molecule has 3 amide bonds. The number of fused-ring (bicyclic) bond motifs is 1. The van der Waals surface area contributed by atoms with Crippen molar-refractivity contribution in [2.45, 2.75) is 20.0 Å². The molecule has 2 aromatic heterocycles. The summed E-state index contributed by atoms with van der Waals surface area (Å²) in [7, 11) is 3.97. The molecule has 0 unspecified atom stereocenters. The van der Waals surface area contributed by atoms with E-state index in [0.29, 0.717) is 23.6 Å². The molecule has 4 aromatic rings. The number of rotatable bonds is 7. The van der Waals surface area contributed by atoms with Crippen LogP contribution >= 0.6 is 0 Å². The lowest BCUT2D eigenvalue weighted by Gasteiger charge is -2.15. The molecule has 0 saturated carbocycles. The molecule has 0 fully saturated rings. The number of pyridine rings is 1. The Balaban J connectivity index is 1.41. The van der Waals surface area contributed by atoms with Crippen molar-refractivity contribution in [3.8, 4) is 0 Å². The van der Waals surface area contributed by atoms with Crippen molar-refractivity contribution in [1.82, 2.24) is 19.6 Å². The number of carbonyl (C=O) groups is 2. The molecule has 3 N–H and O–H groups in total. The maximum Gasteiger partial charge on any atom is 0.319 e. The minimum Gasteiger partial charge on any atom is -0.334 e. The number of benzene rings is 2. The number of imidazole rings is 1. The Labute approximate surface area is 198 Å². The third-order valence-electron chi connectivity index (χ3n) is 5.41. The number of hydrogen-bond acceptors (Lipinski definition) is 4. The standard InChI is InChI=1S/C26H28N6O2/c1-18-11-12-19(15-28-26(34)30-21-9-5-4-8-20(21)17-31(2)3)14-22(18)29-25(33)23-16-27-24-10-6-7-13-32(23)24/h4-14,16H,15,17H2,1-3H3,(H,29,33)(H2,28,30,34). The topological polar surface area (TPSA) is 90.8 Å². The number of para-hydroxylation sites is 1. The third-order valence-corrected chi connectivity index (χ3v) is 5.41. The molecule has 34 heavy (non-hydrogen) atoms. The zero-order valence-corrected chi connectivity index (χ0v) is 19.5. The largest absolute Gasteiger partial charge is 0.334 e. The molecule has 174 valence electrons. The number of hydrogen-bond donors (Lipinski definition) is 3. The van der Waals surface area contributed by atoms with E-state index in [1.54, 1.807) is 16.8 Å². The first-order valence-electron chi connectivity index (χ1n) is 11.0. The van der Waals surface area contributed by atoms with Crippen molar-refractivity contribution in [2.75, 3.05) is 24.7 Å². The van der Waals surface area contributed by atoms with Gasteiger partial charge >= 0.3 is 6.03 Å². The van der Waals surface area contributed by atoms with Gasteiger partial charge in [-0.1, -0.05) is 36.4 Å². The first kappa shape index (κ1) is 23.0. The van der Waals surface area contributed by atoms with E-state index in [1.807, 2.05) is 86.6 Å². The van der Waals surface area contributed by atoms with Crippen LogP contribution in [0.25, 0.3) is 5.65 Å². The van der Waals surface area contributed by atoms with Crippen LogP contribution in [0.3, 0.4) is 0 Å². The van der Waals surface area contributed by atoms with Crippen molar-refractivity contribution in [3.05, 3.63) is 95.4 Å². The van der Waals surface area contributed by atoms with Gasteiger partial charge in [-0.15, -0.1) is 0 Å². The Morgan fingerprint density at radius 3 is 2.59 bits per heavy atom. The van der Waals surface area contributed by atoms with Crippen molar-refractivity contribution in [2.24, 2.45) is 0 Å². The molecule has 2 heterocycles. The molecule has 0 aliphatic rings. The second-order valence-electron chi connectivity index (χ2n) is 8.38. The predicted octanol–water partition coefficient (Wildman–Crippen LogP) is 4.28. The number of amides is 3. The van der Waals surface area contributed by atoms with Crippen LogP contribution in [0.15, 0.2) is 73.1 Å². The highest BCUT2D eigenvalue weighted by molar-refractivity contribution is 6.04. The van der Waals surface area contributed by atoms with Gasteiger partial charge in [-0.25, -0.2) is 9.78 Å². The fraction of sp³-hybridized carbons (Fsp3) is 0.192. The quantitative estimate of drug-likeness (QED) is 0.387. The highest BCUT2D eigenvalue weighted by Gasteiger charge is 2.14. The second kappa shape index (κ2) is 10.2. The van der Waals surface area contributed by atoms with E-state index in [1.165, 1.54) is 0 Å². The number of carbonyl (C=O) groups excluding carboxylic acids is 2. The smallest absolute Gasteiger partial charge is 0.319 e. The minimum atomic E-state index is -0.289.